The highest BCUT2D eigenvalue weighted by atomic mass is 32.2. The van der Waals surface area contributed by atoms with Crippen LogP contribution in [0.25, 0.3) is 0 Å². The van der Waals surface area contributed by atoms with Gasteiger partial charge in [0.15, 0.2) is 0 Å². The maximum Gasteiger partial charge on any atom is 0.230 e. The summed E-state index contributed by atoms with van der Waals surface area (Å²) in [6, 6.07) is 8.05. The molecule has 3 N–H and O–H groups in total. The molecule has 0 unspecified atom stereocenters. The van der Waals surface area contributed by atoms with Crippen molar-refractivity contribution in [2.24, 2.45) is 0 Å². The molecular formula is C14H20N2OS. The second-order valence-electron chi connectivity index (χ2n) is 4.73. The van der Waals surface area contributed by atoms with E-state index >= 15 is 0 Å². The summed E-state index contributed by atoms with van der Waals surface area (Å²) in [6.07, 6.45) is 6.04. The van der Waals surface area contributed by atoms with Gasteiger partial charge >= 0.3 is 0 Å². The van der Waals surface area contributed by atoms with Crippen molar-refractivity contribution in [2.45, 2.75) is 43.0 Å². The molecule has 0 radical (unpaired) electrons. The lowest BCUT2D eigenvalue weighted by Crippen LogP contribution is -2.37. The average Bonchev–Trinajstić information content (AvgIpc) is 2.39. The van der Waals surface area contributed by atoms with Crippen LogP contribution >= 0.6 is 11.8 Å². The molecule has 0 bridgehead atoms. The van der Waals surface area contributed by atoms with Gasteiger partial charge in [-0.15, -0.1) is 11.8 Å². The van der Waals surface area contributed by atoms with E-state index in [2.05, 4.69) is 5.32 Å². The van der Waals surface area contributed by atoms with E-state index in [9.17, 15) is 4.79 Å². The fourth-order valence-electron chi connectivity index (χ4n) is 2.27. The highest BCUT2D eigenvalue weighted by Crippen LogP contribution is 2.24. The summed E-state index contributed by atoms with van der Waals surface area (Å²) in [5.41, 5.74) is 6.58. The molecule has 98 valence electrons. The minimum absolute atomic E-state index is 0.121. The van der Waals surface area contributed by atoms with Gasteiger partial charge in [-0.1, -0.05) is 31.4 Å². The molecule has 0 spiro atoms. The van der Waals surface area contributed by atoms with Crippen molar-refractivity contribution in [3.8, 4) is 0 Å². The standard InChI is InChI=1S/C14H20N2OS/c15-12-8-4-5-9-13(12)18-10-14(17)16-11-6-2-1-3-7-11/h4-5,8-9,11H,1-3,6-7,10,15H2,(H,16,17). The van der Waals surface area contributed by atoms with Crippen molar-refractivity contribution >= 4 is 23.4 Å². The van der Waals surface area contributed by atoms with Crippen LogP contribution in [0.3, 0.4) is 0 Å². The Labute approximate surface area is 113 Å². The normalized spacial score (nSPS) is 16.4. The topological polar surface area (TPSA) is 55.1 Å². The van der Waals surface area contributed by atoms with E-state index in [1.807, 2.05) is 24.3 Å². The van der Waals surface area contributed by atoms with Crippen LogP contribution in [0.15, 0.2) is 29.2 Å². The summed E-state index contributed by atoms with van der Waals surface area (Å²) in [6.45, 7) is 0. The third kappa shape index (κ3) is 3.95. The van der Waals surface area contributed by atoms with Gasteiger partial charge in [-0.3, -0.25) is 4.79 Å². The van der Waals surface area contributed by atoms with E-state index in [0.29, 0.717) is 11.8 Å². The van der Waals surface area contributed by atoms with Crippen LogP contribution in [0.4, 0.5) is 5.69 Å². The smallest absolute Gasteiger partial charge is 0.230 e. The molecule has 1 aromatic rings. The van der Waals surface area contributed by atoms with Gasteiger partial charge in [0.25, 0.3) is 0 Å². The van der Waals surface area contributed by atoms with Gasteiger partial charge in [0.2, 0.25) is 5.91 Å². The first kappa shape index (κ1) is 13.3. The van der Waals surface area contributed by atoms with Crippen molar-refractivity contribution < 1.29 is 4.79 Å². The number of thioether (sulfide) groups is 1. The van der Waals surface area contributed by atoms with Crippen LogP contribution in [0.2, 0.25) is 0 Å². The minimum Gasteiger partial charge on any atom is -0.398 e. The Bertz CT molecular complexity index is 403. The highest BCUT2D eigenvalue weighted by molar-refractivity contribution is 8.00. The van der Waals surface area contributed by atoms with Gasteiger partial charge in [-0.25, -0.2) is 0 Å². The number of hydrogen-bond acceptors (Lipinski definition) is 3. The van der Waals surface area contributed by atoms with Crippen molar-refractivity contribution in [2.75, 3.05) is 11.5 Å². The number of rotatable bonds is 4. The quantitative estimate of drug-likeness (QED) is 0.649. The molecular weight excluding hydrogens is 244 g/mol. The summed E-state index contributed by atoms with van der Waals surface area (Å²) in [5.74, 6) is 0.570. The van der Waals surface area contributed by atoms with Gasteiger partial charge in [0, 0.05) is 16.6 Å². The molecule has 1 saturated carbocycles. The van der Waals surface area contributed by atoms with Crippen LogP contribution < -0.4 is 11.1 Å². The second-order valence-corrected chi connectivity index (χ2v) is 5.75. The SMILES string of the molecule is Nc1ccccc1SCC(=O)NC1CCCCC1. The van der Waals surface area contributed by atoms with Crippen LogP contribution in [-0.4, -0.2) is 17.7 Å². The molecule has 18 heavy (non-hydrogen) atoms. The van der Waals surface area contributed by atoms with E-state index in [4.69, 9.17) is 5.73 Å². The molecule has 0 atom stereocenters. The largest absolute Gasteiger partial charge is 0.398 e. The number of carbonyl (C=O) groups is 1. The summed E-state index contributed by atoms with van der Waals surface area (Å²) < 4.78 is 0. The number of anilines is 1. The average molecular weight is 264 g/mol. The molecule has 4 heteroatoms. The zero-order valence-corrected chi connectivity index (χ0v) is 11.3. The number of amides is 1. The minimum atomic E-state index is 0.121. The first-order chi connectivity index (χ1) is 8.75. The van der Waals surface area contributed by atoms with Crippen molar-refractivity contribution in [1.29, 1.82) is 0 Å². The van der Waals surface area contributed by atoms with Gasteiger partial charge in [0.05, 0.1) is 5.75 Å². The predicted octanol–water partition coefficient (Wildman–Crippen LogP) is 2.81. The number of nitrogens with one attached hydrogen (secondary N) is 1. The number of para-hydroxylation sites is 1. The Morgan fingerprint density at radius 3 is 2.72 bits per heavy atom. The third-order valence-electron chi connectivity index (χ3n) is 3.25. The first-order valence-corrected chi connectivity index (χ1v) is 7.51. The Balaban J connectivity index is 1.76. The first-order valence-electron chi connectivity index (χ1n) is 6.52. The molecule has 0 saturated heterocycles. The van der Waals surface area contributed by atoms with Crippen LogP contribution in [0.5, 0.6) is 0 Å². The summed E-state index contributed by atoms with van der Waals surface area (Å²) in [7, 11) is 0. The molecule has 0 heterocycles. The second kappa shape index (κ2) is 6.69. The third-order valence-corrected chi connectivity index (χ3v) is 4.34. The predicted molar refractivity (Wildman–Crippen MR) is 76.6 cm³/mol. The fraction of sp³-hybridized carbons (Fsp3) is 0.500. The summed E-state index contributed by atoms with van der Waals surface area (Å²) in [5, 5.41) is 3.11. The molecule has 1 amide bonds. The molecule has 3 nitrogen and oxygen atoms in total. The summed E-state index contributed by atoms with van der Waals surface area (Å²) in [4.78, 5) is 12.8. The van der Waals surface area contributed by atoms with Crippen LogP contribution in [-0.2, 0) is 4.79 Å². The van der Waals surface area contributed by atoms with E-state index in [1.165, 1.54) is 31.0 Å². The molecule has 1 aliphatic carbocycles. The van der Waals surface area contributed by atoms with Gasteiger partial charge in [-0.05, 0) is 25.0 Å². The Hall–Kier alpha value is -1.16. The van der Waals surface area contributed by atoms with Gasteiger partial charge < -0.3 is 11.1 Å². The monoisotopic (exact) mass is 264 g/mol. The van der Waals surface area contributed by atoms with Gasteiger partial charge in [0.1, 0.15) is 0 Å². The van der Waals surface area contributed by atoms with E-state index in [-0.39, 0.29) is 5.91 Å². The maximum absolute atomic E-state index is 11.8. The van der Waals surface area contributed by atoms with Crippen molar-refractivity contribution in [1.82, 2.24) is 5.32 Å². The number of benzene rings is 1. The Morgan fingerprint density at radius 1 is 1.28 bits per heavy atom. The van der Waals surface area contributed by atoms with Crippen LogP contribution in [0.1, 0.15) is 32.1 Å². The number of nitrogen functional groups attached to an aromatic ring is 1. The molecule has 2 rings (SSSR count). The molecule has 0 aliphatic heterocycles. The highest BCUT2D eigenvalue weighted by Gasteiger charge is 2.15. The fourth-order valence-corrected chi connectivity index (χ4v) is 3.05. The van der Waals surface area contributed by atoms with Crippen molar-refractivity contribution in [3.05, 3.63) is 24.3 Å². The molecule has 1 fully saturated rings. The van der Waals surface area contributed by atoms with E-state index < -0.39 is 0 Å². The van der Waals surface area contributed by atoms with Gasteiger partial charge in [-0.2, -0.15) is 0 Å². The van der Waals surface area contributed by atoms with Crippen LogP contribution in [0, 0.1) is 0 Å². The van der Waals surface area contributed by atoms with Crippen molar-refractivity contribution in [3.63, 3.8) is 0 Å². The number of nitrogens with two attached hydrogens (primary N) is 1. The number of hydrogen-bond donors (Lipinski definition) is 2. The Morgan fingerprint density at radius 2 is 2.00 bits per heavy atom. The lowest BCUT2D eigenvalue weighted by atomic mass is 9.95. The lowest BCUT2D eigenvalue weighted by Gasteiger charge is -2.22. The molecule has 1 aromatic carbocycles. The lowest BCUT2D eigenvalue weighted by molar-refractivity contribution is -0.119. The molecule has 0 aromatic heterocycles. The van der Waals surface area contributed by atoms with E-state index in [0.717, 1.165) is 23.4 Å². The molecule has 1 aliphatic rings. The van der Waals surface area contributed by atoms with E-state index in [1.54, 1.807) is 0 Å². The zero-order valence-electron chi connectivity index (χ0n) is 10.5. The number of carbonyl (C=O) groups excluding carboxylic acids is 1. The zero-order chi connectivity index (χ0) is 12.8. The summed E-state index contributed by atoms with van der Waals surface area (Å²) >= 11 is 1.51. The Kier molecular flexibility index (Phi) is 4.93. The maximum atomic E-state index is 11.8.